The molecule has 0 aliphatic carbocycles. The first kappa shape index (κ1) is 25.2. The third kappa shape index (κ3) is 7.84. The fourth-order valence-electron chi connectivity index (χ4n) is 3.35. The molecule has 0 bridgehead atoms. The molecule has 0 heterocycles. The van der Waals surface area contributed by atoms with Crippen molar-refractivity contribution in [1.29, 1.82) is 0 Å². The van der Waals surface area contributed by atoms with Gasteiger partial charge < -0.3 is 33.0 Å². The minimum absolute atomic E-state index is 0.779. The molecule has 0 aromatic carbocycles. The van der Waals surface area contributed by atoms with Crippen molar-refractivity contribution in [2.75, 3.05) is 0 Å². The van der Waals surface area contributed by atoms with Gasteiger partial charge in [-0.3, -0.25) is 0 Å². The van der Waals surface area contributed by atoms with E-state index in [0.29, 0.717) is 0 Å². The second kappa shape index (κ2) is 12.7. The summed E-state index contributed by atoms with van der Waals surface area (Å²) in [5.74, 6) is 0. The van der Waals surface area contributed by atoms with Gasteiger partial charge in [0, 0.05) is 129 Å². The summed E-state index contributed by atoms with van der Waals surface area (Å²) in [6.45, 7) is -0.848. The number of hydrogen-bond acceptors (Lipinski definition) is 1. The monoisotopic (exact) mass is 397 g/mol. The second-order valence-corrected chi connectivity index (χ2v) is 6.92. The van der Waals surface area contributed by atoms with E-state index >= 15 is 0 Å². The highest BCUT2D eigenvalue weighted by Crippen LogP contribution is 2.10. The maximum Gasteiger partial charge on any atom is 0.129 e. The Kier molecular flexibility index (Phi) is 12.8. The van der Waals surface area contributed by atoms with E-state index in [4.69, 9.17) is 94.3 Å². The van der Waals surface area contributed by atoms with Crippen LogP contribution in [0.4, 0.5) is 0 Å². The van der Waals surface area contributed by atoms with Gasteiger partial charge in [0.1, 0.15) is 8.04 Å². The highest BCUT2D eigenvalue weighted by atomic mass is 127. The van der Waals surface area contributed by atoms with Crippen LogP contribution in [0, 0.1) is 0 Å². The molecule has 0 aliphatic rings. The molecule has 27 radical (unpaired) electrons. The van der Waals surface area contributed by atoms with Gasteiger partial charge in [-0.15, -0.1) is 6.39 Å². The molecule has 0 aromatic heterocycles. The number of nitrogens with one attached hydrogen (secondary N) is 1. The molecule has 0 spiro atoms. The summed E-state index contributed by atoms with van der Waals surface area (Å²) in [5, 5.41) is 0. The molecule has 0 rings (SSSR count). The molecule has 0 aliphatic heterocycles. The molecule has 1 N–H and O–H groups in total. The molecule has 0 fully saturated rings. The van der Waals surface area contributed by atoms with E-state index in [2.05, 4.69) is 0 Å². The van der Waals surface area contributed by atoms with E-state index in [0.717, 1.165) is 3.43 Å². The van der Waals surface area contributed by atoms with Gasteiger partial charge in [-0.1, -0.05) is 0 Å². The van der Waals surface area contributed by atoms with Crippen molar-refractivity contribution >= 4 is 186 Å². The summed E-state index contributed by atoms with van der Waals surface area (Å²) >= 11 is 1.71. The molecule has 85 valence electrons. The van der Waals surface area contributed by atoms with Crippen molar-refractivity contribution in [1.82, 2.24) is 3.43 Å². The lowest BCUT2D eigenvalue weighted by Crippen LogP contribution is -2.85. The Hall–Kier alpha value is 2.18. The topological polar surface area (TPSA) is 12.0 Å². The number of hydrogen-bond donors (Lipinski definition) is 1. The van der Waals surface area contributed by atoms with Gasteiger partial charge in [0.25, 0.3) is 0 Å². The molecule has 25 heavy (non-hydrogen) atoms. The lowest BCUT2D eigenvalue weighted by molar-refractivity contribution is 1.79. The van der Waals surface area contributed by atoms with Gasteiger partial charge in [0.15, 0.2) is 0 Å². The third-order valence-electron chi connectivity index (χ3n) is 4.46. The molecule has 0 unspecified atom stereocenters. The van der Waals surface area contributed by atoms with E-state index in [9.17, 15) is 0 Å². The minimum atomic E-state index is -0.998. The predicted octanol–water partition coefficient (Wildman–Crippen LogP) is -8.37. The maximum atomic E-state index is 8.20. The van der Waals surface area contributed by atoms with Gasteiger partial charge >= 0.3 is 0 Å². The zero-order chi connectivity index (χ0) is 20.9. The van der Waals surface area contributed by atoms with Crippen LogP contribution in [-0.2, 0) is 0 Å². The van der Waals surface area contributed by atoms with Gasteiger partial charge in [-0.2, -0.15) is 0 Å². The van der Waals surface area contributed by atoms with Crippen molar-refractivity contribution in [2.24, 2.45) is 0 Å². The molecular weight excluding hydrogens is 390 g/mol. The summed E-state index contributed by atoms with van der Waals surface area (Å²) in [4.78, 5) is 0. The minimum Gasteiger partial charge on any atom is -0.729 e. The van der Waals surface area contributed by atoms with Crippen LogP contribution in [0.2, 0.25) is 1.41 Å². The average Bonchev–Trinajstić information content (AvgIpc) is 2.40. The average molecular weight is 393 g/mol. The molecule has 0 atom stereocenters. The van der Waals surface area contributed by atoms with Crippen LogP contribution in [0.3, 0.4) is 0 Å². The standard InChI is InChI=1S/B23HIN/c1-13(2)19(14(3)4)22(20(15(5)6)16(7)8)23(25-24)21(17(9)10)18(11)12/h25H/q-3/i/hT. The lowest BCUT2D eigenvalue weighted by atomic mass is 8.39. The molecular formula is HB23IN-3. The van der Waals surface area contributed by atoms with Gasteiger partial charge in [-0.05, 0) is 7.74 Å². The van der Waals surface area contributed by atoms with Crippen LogP contribution in [-0.4, -0.2) is 163 Å². The Morgan fingerprint density at radius 1 is 0.640 bits per heavy atom. The van der Waals surface area contributed by atoms with Crippen LogP contribution >= 0.6 is 22.9 Å². The lowest BCUT2D eigenvalue weighted by Gasteiger charge is -2.58. The van der Waals surface area contributed by atoms with E-state index in [-0.39, 0.29) is 0 Å². The van der Waals surface area contributed by atoms with E-state index < -0.39 is 70.5 Å². The summed E-state index contributed by atoms with van der Waals surface area (Å²) in [5.41, 5.74) is 0. The Labute approximate surface area is 190 Å². The van der Waals surface area contributed by atoms with Crippen molar-refractivity contribution in [2.45, 2.75) is 0 Å². The second-order valence-electron chi connectivity index (χ2n) is 6.36. The van der Waals surface area contributed by atoms with Crippen LogP contribution in [0.25, 0.3) is 0 Å². The first-order valence-electron chi connectivity index (χ1n) is 8.21. The Balaban J connectivity index is 6.53. The van der Waals surface area contributed by atoms with Crippen LogP contribution in [0.5, 0.6) is 0 Å². The van der Waals surface area contributed by atoms with Gasteiger partial charge in [0.2, 0.25) is 0 Å². The fourth-order valence-corrected chi connectivity index (χ4v) is 4.09. The maximum absolute atomic E-state index is 8.20. The predicted molar refractivity (Wildman–Crippen MR) is 149 cm³/mol. The highest BCUT2D eigenvalue weighted by molar-refractivity contribution is 14.1. The van der Waals surface area contributed by atoms with E-state index in [1.54, 1.807) is 22.9 Å². The normalized spacial score (nSPS) is 10.4. The van der Waals surface area contributed by atoms with Crippen molar-refractivity contribution in [3.05, 3.63) is 0 Å². The molecule has 25 heteroatoms. The number of rotatable bonds is 11. The van der Waals surface area contributed by atoms with Gasteiger partial charge in [-0.25, -0.2) is 6.39 Å². The van der Waals surface area contributed by atoms with Crippen molar-refractivity contribution in [3.63, 3.8) is 0 Å². The fraction of sp³-hybridized carbons (Fsp3) is 0. The smallest absolute Gasteiger partial charge is 0.129 e. The largest absolute Gasteiger partial charge is 0.729 e. The highest BCUT2D eigenvalue weighted by Gasteiger charge is 2.45. The zero-order valence-electron chi connectivity index (χ0n) is 15.1. The summed E-state index contributed by atoms with van der Waals surface area (Å²) in [6, 6.07) is 0. The van der Waals surface area contributed by atoms with Gasteiger partial charge in [0.05, 0.1) is 0 Å². The Bertz CT molecular complexity index is 332. The molecule has 0 aromatic rings. The van der Waals surface area contributed by atoms with E-state index in [1.165, 1.54) is 0 Å². The first-order valence-corrected chi connectivity index (χ1v) is 8.73. The molecule has 0 saturated heterocycles. The summed E-state index contributed by atoms with van der Waals surface area (Å²) in [6.07, 6.45) is -9.13. The van der Waals surface area contributed by atoms with Crippen molar-refractivity contribution in [3.8, 4) is 0 Å². The quantitative estimate of drug-likeness (QED) is 0.209. The van der Waals surface area contributed by atoms with E-state index in [1.807, 2.05) is 0 Å². The first-order chi connectivity index (χ1) is 11.7. The van der Waals surface area contributed by atoms with Crippen LogP contribution in [0.15, 0.2) is 0 Å². The molecule has 0 amide bonds. The SMILES string of the molecule is [3H]N(I)B(B(B([B])[B])B([B])[B])B(B(B([B])[B])B([B])[B])B(B([B])[B-])B([B-])[B-]. The number of halogens is 1. The molecule has 1 nitrogen and oxygen atoms in total. The van der Waals surface area contributed by atoms with Crippen LogP contribution in [0.1, 0.15) is 0 Å². The Morgan fingerprint density at radius 2 is 1.00 bits per heavy atom. The van der Waals surface area contributed by atoms with Crippen LogP contribution < -0.4 is 3.43 Å². The molecule has 0 saturated carbocycles. The third-order valence-corrected chi connectivity index (χ3v) is 5.10. The summed E-state index contributed by atoms with van der Waals surface area (Å²) in [7, 11) is 70.8. The van der Waals surface area contributed by atoms with Crippen molar-refractivity contribution < 1.29 is 1.41 Å². The Morgan fingerprint density at radius 3 is 1.20 bits per heavy atom. The zero-order valence-corrected chi connectivity index (χ0v) is 16.3. The summed E-state index contributed by atoms with van der Waals surface area (Å²) < 4.78 is 9.25.